The Hall–Kier alpha value is -1.30. The van der Waals surface area contributed by atoms with Crippen molar-refractivity contribution in [1.29, 1.82) is 0 Å². The lowest BCUT2D eigenvalue weighted by Crippen LogP contribution is -2.31. The third-order valence-electron chi connectivity index (χ3n) is 3.55. The summed E-state index contributed by atoms with van der Waals surface area (Å²) in [5, 5.41) is 12.2. The minimum absolute atomic E-state index is 0.0589. The molecule has 2 rings (SSSR count). The molecule has 0 radical (unpaired) electrons. The second-order valence-electron chi connectivity index (χ2n) is 5.19. The predicted molar refractivity (Wildman–Crippen MR) is 80.7 cm³/mol. The lowest BCUT2D eigenvalue weighted by molar-refractivity contribution is -0.117. The van der Waals surface area contributed by atoms with Crippen molar-refractivity contribution in [2.45, 2.75) is 12.8 Å². The molecule has 1 aliphatic rings. The van der Waals surface area contributed by atoms with Crippen LogP contribution in [-0.2, 0) is 4.79 Å². The van der Waals surface area contributed by atoms with Crippen molar-refractivity contribution in [2.24, 2.45) is 5.92 Å². The van der Waals surface area contributed by atoms with Crippen molar-refractivity contribution in [3.8, 4) is 0 Å². The van der Waals surface area contributed by atoms with E-state index in [4.69, 9.17) is 22.4 Å². The van der Waals surface area contributed by atoms with Crippen LogP contribution in [-0.4, -0.2) is 42.2 Å². The Morgan fingerprint density at radius 3 is 3.05 bits per heavy atom. The molecule has 1 aromatic rings. The molecule has 1 unspecified atom stereocenters. The highest BCUT2D eigenvalue weighted by Gasteiger charge is 2.23. The fourth-order valence-electron chi connectivity index (χ4n) is 2.50. The van der Waals surface area contributed by atoms with Crippen LogP contribution in [0.25, 0.3) is 0 Å². The van der Waals surface area contributed by atoms with Crippen LogP contribution in [0, 0.1) is 5.92 Å². The first kappa shape index (κ1) is 15.1. The van der Waals surface area contributed by atoms with E-state index in [0.29, 0.717) is 28.9 Å². The molecule has 5 nitrogen and oxygen atoms in total. The zero-order valence-corrected chi connectivity index (χ0v) is 12.1. The number of carbonyl (C=O) groups excluding carboxylic acids is 1. The molecule has 4 N–H and O–H groups in total. The normalized spacial score (nSPS) is 19.2. The summed E-state index contributed by atoms with van der Waals surface area (Å²) in [7, 11) is 0. The first-order valence-corrected chi connectivity index (χ1v) is 7.14. The SMILES string of the molecule is Nc1cc(NC(=O)CN2CCC(CCO)C2)ccc1Cl. The van der Waals surface area contributed by atoms with Crippen LogP contribution < -0.4 is 11.1 Å². The molecular formula is C14H20ClN3O2. The van der Waals surface area contributed by atoms with Gasteiger partial charge in [-0.3, -0.25) is 9.69 Å². The van der Waals surface area contributed by atoms with Gasteiger partial charge in [0.2, 0.25) is 5.91 Å². The molecule has 110 valence electrons. The zero-order valence-electron chi connectivity index (χ0n) is 11.3. The number of hydrogen-bond donors (Lipinski definition) is 3. The average Bonchev–Trinajstić information content (AvgIpc) is 2.81. The fourth-order valence-corrected chi connectivity index (χ4v) is 2.62. The van der Waals surface area contributed by atoms with Crippen LogP contribution >= 0.6 is 11.6 Å². The van der Waals surface area contributed by atoms with Crippen LogP contribution in [0.2, 0.25) is 5.02 Å². The largest absolute Gasteiger partial charge is 0.397 e. The number of hydrogen-bond acceptors (Lipinski definition) is 4. The van der Waals surface area contributed by atoms with Gasteiger partial charge in [0, 0.05) is 18.8 Å². The standard InChI is InChI=1S/C14H20ClN3O2/c15-12-2-1-11(7-13(12)16)17-14(20)9-18-5-3-10(8-18)4-6-19/h1-2,7,10,19H,3-6,8-9,16H2,(H,17,20). The number of nitrogens with one attached hydrogen (secondary N) is 1. The minimum Gasteiger partial charge on any atom is -0.397 e. The van der Waals surface area contributed by atoms with Gasteiger partial charge in [0.25, 0.3) is 0 Å². The van der Waals surface area contributed by atoms with Crippen LogP contribution in [0.4, 0.5) is 11.4 Å². The lowest BCUT2D eigenvalue weighted by atomic mass is 10.1. The number of nitrogen functional groups attached to an aromatic ring is 1. The Morgan fingerprint density at radius 1 is 1.55 bits per heavy atom. The van der Waals surface area contributed by atoms with E-state index >= 15 is 0 Å². The van der Waals surface area contributed by atoms with Gasteiger partial charge in [0.1, 0.15) is 0 Å². The number of carbonyl (C=O) groups is 1. The molecule has 0 bridgehead atoms. The monoisotopic (exact) mass is 297 g/mol. The molecule has 20 heavy (non-hydrogen) atoms. The molecule has 1 heterocycles. The van der Waals surface area contributed by atoms with Gasteiger partial charge in [-0.05, 0) is 43.5 Å². The third-order valence-corrected chi connectivity index (χ3v) is 3.90. The van der Waals surface area contributed by atoms with E-state index in [1.165, 1.54) is 0 Å². The highest BCUT2D eigenvalue weighted by Crippen LogP contribution is 2.23. The van der Waals surface area contributed by atoms with Gasteiger partial charge in [-0.25, -0.2) is 0 Å². The maximum absolute atomic E-state index is 12.0. The number of halogens is 1. The summed E-state index contributed by atoms with van der Waals surface area (Å²) in [6.45, 7) is 2.36. The Bertz CT molecular complexity index is 481. The number of nitrogens with two attached hydrogens (primary N) is 1. The van der Waals surface area contributed by atoms with Crippen LogP contribution in [0.15, 0.2) is 18.2 Å². The molecule has 1 amide bonds. The molecule has 1 aromatic carbocycles. The van der Waals surface area contributed by atoms with Gasteiger partial charge in [0.05, 0.1) is 17.3 Å². The summed E-state index contributed by atoms with van der Waals surface area (Å²) >= 11 is 5.83. The molecule has 1 fully saturated rings. The fraction of sp³-hybridized carbons (Fsp3) is 0.500. The maximum Gasteiger partial charge on any atom is 0.238 e. The molecule has 6 heteroatoms. The van der Waals surface area contributed by atoms with Gasteiger partial charge in [-0.1, -0.05) is 11.6 Å². The van der Waals surface area contributed by atoms with Gasteiger partial charge in [-0.2, -0.15) is 0 Å². The summed E-state index contributed by atoms with van der Waals surface area (Å²) in [4.78, 5) is 14.1. The molecule has 0 spiro atoms. The molecular weight excluding hydrogens is 278 g/mol. The van der Waals surface area contributed by atoms with Gasteiger partial charge < -0.3 is 16.2 Å². The van der Waals surface area contributed by atoms with E-state index in [2.05, 4.69) is 10.2 Å². The number of amides is 1. The first-order valence-electron chi connectivity index (χ1n) is 6.76. The van der Waals surface area contributed by atoms with E-state index in [1.807, 2.05) is 0 Å². The van der Waals surface area contributed by atoms with E-state index in [0.717, 1.165) is 25.9 Å². The van der Waals surface area contributed by atoms with Crippen molar-refractivity contribution in [3.63, 3.8) is 0 Å². The number of benzene rings is 1. The predicted octanol–water partition coefficient (Wildman–Crippen LogP) is 1.56. The van der Waals surface area contributed by atoms with E-state index in [1.54, 1.807) is 18.2 Å². The van der Waals surface area contributed by atoms with E-state index in [9.17, 15) is 4.79 Å². The Balaban J connectivity index is 1.82. The topological polar surface area (TPSA) is 78.6 Å². The Morgan fingerprint density at radius 2 is 2.35 bits per heavy atom. The number of rotatable bonds is 5. The summed E-state index contributed by atoms with van der Waals surface area (Å²) in [6.07, 6.45) is 1.85. The Labute approximate surface area is 123 Å². The highest BCUT2D eigenvalue weighted by atomic mass is 35.5. The number of anilines is 2. The Kier molecular flexibility index (Phi) is 5.23. The van der Waals surface area contributed by atoms with Crippen molar-refractivity contribution >= 4 is 28.9 Å². The molecule has 1 saturated heterocycles. The van der Waals surface area contributed by atoms with E-state index < -0.39 is 0 Å². The maximum atomic E-state index is 12.0. The zero-order chi connectivity index (χ0) is 14.5. The van der Waals surface area contributed by atoms with Crippen molar-refractivity contribution in [1.82, 2.24) is 4.90 Å². The first-order chi connectivity index (χ1) is 9.58. The van der Waals surface area contributed by atoms with Crippen molar-refractivity contribution in [3.05, 3.63) is 23.2 Å². The smallest absolute Gasteiger partial charge is 0.238 e. The van der Waals surface area contributed by atoms with Gasteiger partial charge >= 0.3 is 0 Å². The number of aliphatic hydroxyl groups excluding tert-OH is 1. The molecule has 0 saturated carbocycles. The summed E-state index contributed by atoms with van der Waals surface area (Å²) in [6, 6.07) is 5.05. The van der Waals surface area contributed by atoms with Crippen LogP contribution in [0.1, 0.15) is 12.8 Å². The minimum atomic E-state index is -0.0589. The average molecular weight is 298 g/mol. The molecule has 0 aromatic heterocycles. The number of aliphatic hydroxyl groups is 1. The van der Waals surface area contributed by atoms with Gasteiger partial charge in [-0.15, -0.1) is 0 Å². The molecule has 0 aliphatic carbocycles. The number of nitrogens with zero attached hydrogens (tertiary/aromatic N) is 1. The van der Waals surface area contributed by atoms with Crippen LogP contribution in [0.5, 0.6) is 0 Å². The second-order valence-corrected chi connectivity index (χ2v) is 5.59. The lowest BCUT2D eigenvalue weighted by Gasteiger charge is -2.15. The van der Waals surface area contributed by atoms with Gasteiger partial charge in [0.15, 0.2) is 0 Å². The molecule has 1 atom stereocenters. The highest BCUT2D eigenvalue weighted by molar-refractivity contribution is 6.33. The summed E-state index contributed by atoms with van der Waals surface area (Å²) in [5.41, 5.74) is 6.80. The van der Waals surface area contributed by atoms with Crippen molar-refractivity contribution < 1.29 is 9.90 Å². The second kappa shape index (κ2) is 6.92. The summed E-state index contributed by atoms with van der Waals surface area (Å²) in [5.74, 6) is 0.440. The third kappa shape index (κ3) is 4.10. The quantitative estimate of drug-likeness (QED) is 0.721. The van der Waals surface area contributed by atoms with E-state index in [-0.39, 0.29) is 12.5 Å². The van der Waals surface area contributed by atoms with Crippen LogP contribution in [0.3, 0.4) is 0 Å². The number of likely N-dealkylation sites (tertiary alicyclic amines) is 1. The van der Waals surface area contributed by atoms with Crippen molar-refractivity contribution in [2.75, 3.05) is 37.3 Å². The molecule has 1 aliphatic heterocycles. The summed E-state index contributed by atoms with van der Waals surface area (Å²) < 4.78 is 0.